The first-order valence-corrected chi connectivity index (χ1v) is 8.96. The maximum absolute atomic E-state index is 13.3. The summed E-state index contributed by atoms with van der Waals surface area (Å²) < 4.78 is 18.7. The van der Waals surface area contributed by atoms with Crippen molar-refractivity contribution in [2.24, 2.45) is 0 Å². The second kappa shape index (κ2) is 8.31. The molecule has 1 saturated heterocycles. The standard InChI is InChI=1S/C21H22FNO4/c22-18-6-4-17(5-7-18)21(9-12-27-13-10-21)20(26)23-11-8-15-2-1-3-16(14-15)19(24)25/h1-7,14H,8-13H2,(H,23,26)(H,24,25). The van der Waals surface area contributed by atoms with Gasteiger partial charge in [0.2, 0.25) is 5.91 Å². The Morgan fingerprint density at radius 2 is 1.81 bits per heavy atom. The highest BCUT2D eigenvalue weighted by Gasteiger charge is 2.41. The molecule has 0 unspecified atom stereocenters. The molecule has 1 amide bonds. The van der Waals surface area contributed by atoms with Crippen molar-refractivity contribution in [2.75, 3.05) is 19.8 Å². The highest BCUT2D eigenvalue weighted by molar-refractivity contribution is 5.88. The van der Waals surface area contributed by atoms with Gasteiger partial charge < -0.3 is 15.2 Å². The first kappa shape index (κ1) is 19.0. The van der Waals surface area contributed by atoms with Crippen LogP contribution in [0.4, 0.5) is 4.39 Å². The van der Waals surface area contributed by atoms with Crippen molar-refractivity contribution < 1.29 is 23.8 Å². The number of ether oxygens (including phenoxy) is 1. The van der Waals surface area contributed by atoms with Gasteiger partial charge in [0.1, 0.15) is 5.82 Å². The van der Waals surface area contributed by atoms with Crippen LogP contribution in [-0.2, 0) is 21.4 Å². The van der Waals surface area contributed by atoms with Crippen molar-refractivity contribution in [1.82, 2.24) is 5.32 Å². The molecule has 0 spiro atoms. The van der Waals surface area contributed by atoms with E-state index in [-0.39, 0.29) is 17.3 Å². The summed E-state index contributed by atoms with van der Waals surface area (Å²) in [5.74, 6) is -1.41. The zero-order chi connectivity index (χ0) is 19.3. The van der Waals surface area contributed by atoms with E-state index >= 15 is 0 Å². The lowest BCUT2D eigenvalue weighted by molar-refractivity contribution is -0.130. The van der Waals surface area contributed by atoms with Crippen LogP contribution in [0.15, 0.2) is 48.5 Å². The fourth-order valence-corrected chi connectivity index (χ4v) is 3.49. The Morgan fingerprint density at radius 3 is 2.48 bits per heavy atom. The van der Waals surface area contributed by atoms with Crippen LogP contribution in [0.25, 0.3) is 0 Å². The number of hydrogen-bond donors (Lipinski definition) is 2. The summed E-state index contributed by atoms with van der Waals surface area (Å²) >= 11 is 0. The van der Waals surface area contributed by atoms with E-state index in [9.17, 15) is 14.0 Å². The molecule has 0 saturated carbocycles. The van der Waals surface area contributed by atoms with E-state index in [4.69, 9.17) is 9.84 Å². The first-order chi connectivity index (χ1) is 13.0. The van der Waals surface area contributed by atoms with Crippen LogP contribution in [-0.4, -0.2) is 36.7 Å². The van der Waals surface area contributed by atoms with Crippen LogP contribution in [0.2, 0.25) is 0 Å². The lowest BCUT2D eigenvalue weighted by Gasteiger charge is -2.36. The number of amides is 1. The molecule has 1 fully saturated rings. The van der Waals surface area contributed by atoms with Crippen molar-refractivity contribution in [1.29, 1.82) is 0 Å². The fraction of sp³-hybridized carbons (Fsp3) is 0.333. The normalized spacial score (nSPS) is 15.9. The van der Waals surface area contributed by atoms with Gasteiger partial charge in [0, 0.05) is 19.8 Å². The van der Waals surface area contributed by atoms with Crippen LogP contribution in [0.5, 0.6) is 0 Å². The molecule has 3 rings (SSSR count). The second-order valence-corrected chi connectivity index (χ2v) is 6.71. The van der Waals surface area contributed by atoms with Gasteiger partial charge >= 0.3 is 5.97 Å². The van der Waals surface area contributed by atoms with Crippen LogP contribution < -0.4 is 5.32 Å². The topological polar surface area (TPSA) is 75.6 Å². The molecule has 27 heavy (non-hydrogen) atoms. The smallest absolute Gasteiger partial charge is 0.335 e. The summed E-state index contributed by atoms with van der Waals surface area (Å²) in [4.78, 5) is 24.1. The zero-order valence-corrected chi connectivity index (χ0v) is 14.9. The van der Waals surface area contributed by atoms with E-state index in [1.54, 1.807) is 24.3 Å². The number of halogens is 1. The predicted octanol–water partition coefficient (Wildman–Crippen LogP) is 2.93. The average molecular weight is 371 g/mol. The van der Waals surface area contributed by atoms with Crippen molar-refractivity contribution in [3.05, 3.63) is 71.0 Å². The van der Waals surface area contributed by atoms with Gasteiger partial charge in [-0.1, -0.05) is 24.3 Å². The number of benzene rings is 2. The molecular formula is C21H22FNO4. The highest BCUT2D eigenvalue weighted by Crippen LogP contribution is 2.35. The monoisotopic (exact) mass is 371 g/mol. The van der Waals surface area contributed by atoms with Crippen molar-refractivity contribution >= 4 is 11.9 Å². The summed E-state index contributed by atoms with van der Waals surface area (Å²) in [5, 5.41) is 12.0. The fourth-order valence-electron chi connectivity index (χ4n) is 3.49. The molecule has 0 radical (unpaired) electrons. The summed E-state index contributed by atoms with van der Waals surface area (Å²) in [5.41, 5.74) is 1.14. The number of carbonyl (C=O) groups excluding carboxylic acids is 1. The van der Waals surface area contributed by atoms with Crippen LogP contribution in [0, 0.1) is 5.82 Å². The molecule has 0 atom stereocenters. The number of hydrogen-bond acceptors (Lipinski definition) is 3. The molecule has 5 nitrogen and oxygen atoms in total. The van der Waals surface area contributed by atoms with Crippen LogP contribution >= 0.6 is 0 Å². The van der Waals surface area contributed by atoms with Gasteiger partial charge in [-0.05, 0) is 54.7 Å². The minimum Gasteiger partial charge on any atom is -0.478 e. The van der Waals surface area contributed by atoms with Gasteiger partial charge in [0.15, 0.2) is 0 Å². The van der Waals surface area contributed by atoms with E-state index in [0.717, 1.165) is 11.1 Å². The molecule has 1 aliphatic heterocycles. The third kappa shape index (κ3) is 4.34. The Hall–Kier alpha value is -2.73. The quantitative estimate of drug-likeness (QED) is 0.819. The second-order valence-electron chi connectivity index (χ2n) is 6.71. The maximum atomic E-state index is 13.3. The lowest BCUT2D eigenvalue weighted by atomic mass is 9.73. The van der Waals surface area contributed by atoms with Gasteiger partial charge in [-0.25, -0.2) is 9.18 Å². The number of carboxylic acid groups (broad SMARTS) is 1. The van der Waals surface area contributed by atoms with Crippen molar-refractivity contribution in [2.45, 2.75) is 24.7 Å². The number of rotatable bonds is 6. The largest absolute Gasteiger partial charge is 0.478 e. The molecule has 0 bridgehead atoms. The van der Waals surface area contributed by atoms with Crippen LogP contribution in [0.3, 0.4) is 0 Å². The summed E-state index contributed by atoms with van der Waals surface area (Å²) in [6.07, 6.45) is 1.61. The number of aromatic carboxylic acids is 1. The van der Waals surface area contributed by atoms with E-state index < -0.39 is 11.4 Å². The molecule has 0 aliphatic carbocycles. The molecule has 2 N–H and O–H groups in total. The predicted molar refractivity (Wildman–Crippen MR) is 98.2 cm³/mol. The molecule has 6 heteroatoms. The number of carboxylic acids is 1. The van der Waals surface area contributed by atoms with Gasteiger partial charge in [-0.2, -0.15) is 0 Å². The molecule has 142 valence electrons. The molecule has 1 aliphatic rings. The zero-order valence-electron chi connectivity index (χ0n) is 14.9. The van der Waals surface area contributed by atoms with Crippen molar-refractivity contribution in [3.8, 4) is 0 Å². The van der Waals surface area contributed by atoms with E-state index in [2.05, 4.69) is 5.32 Å². The molecular weight excluding hydrogens is 349 g/mol. The SMILES string of the molecule is O=C(O)c1cccc(CCNC(=O)C2(c3ccc(F)cc3)CCOCC2)c1. The van der Waals surface area contributed by atoms with E-state index in [0.29, 0.717) is 39.0 Å². The third-order valence-electron chi connectivity index (χ3n) is 5.05. The van der Waals surface area contributed by atoms with Gasteiger partial charge in [-0.3, -0.25) is 4.79 Å². The van der Waals surface area contributed by atoms with E-state index in [1.807, 2.05) is 6.07 Å². The minimum atomic E-state index is -0.974. The molecule has 1 heterocycles. The van der Waals surface area contributed by atoms with Gasteiger partial charge in [0.05, 0.1) is 11.0 Å². The Kier molecular flexibility index (Phi) is 5.86. The average Bonchev–Trinajstić information content (AvgIpc) is 2.69. The van der Waals surface area contributed by atoms with Gasteiger partial charge in [-0.15, -0.1) is 0 Å². The highest BCUT2D eigenvalue weighted by atomic mass is 19.1. The Morgan fingerprint density at radius 1 is 1.11 bits per heavy atom. The van der Waals surface area contributed by atoms with E-state index in [1.165, 1.54) is 18.2 Å². The summed E-state index contributed by atoms with van der Waals surface area (Å²) in [6, 6.07) is 12.7. The molecule has 2 aromatic rings. The molecule has 2 aromatic carbocycles. The maximum Gasteiger partial charge on any atom is 0.335 e. The molecule has 0 aromatic heterocycles. The first-order valence-electron chi connectivity index (χ1n) is 8.96. The van der Waals surface area contributed by atoms with Gasteiger partial charge in [0.25, 0.3) is 0 Å². The minimum absolute atomic E-state index is 0.105. The number of carbonyl (C=O) groups is 2. The summed E-state index contributed by atoms with van der Waals surface area (Å²) in [6.45, 7) is 1.35. The third-order valence-corrected chi connectivity index (χ3v) is 5.05. The Labute approximate surface area is 157 Å². The van der Waals surface area contributed by atoms with Crippen molar-refractivity contribution in [3.63, 3.8) is 0 Å². The summed E-state index contributed by atoms with van der Waals surface area (Å²) in [7, 11) is 0. The Bertz CT molecular complexity index is 813. The number of nitrogens with one attached hydrogen (secondary N) is 1. The lowest BCUT2D eigenvalue weighted by Crippen LogP contribution is -2.48. The Balaban J connectivity index is 1.69. The van der Waals surface area contributed by atoms with Crippen LogP contribution in [0.1, 0.15) is 34.3 Å².